The summed E-state index contributed by atoms with van der Waals surface area (Å²) in [5, 5.41) is 0. The molecule has 0 heterocycles. The van der Waals surface area contributed by atoms with Crippen LogP contribution in [0.1, 0.15) is 232 Å². The number of carbonyl (C=O) groups excluding carboxylic acids is 2. The lowest BCUT2D eigenvalue weighted by Gasteiger charge is -2.24. The van der Waals surface area contributed by atoms with Gasteiger partial charge in [0, 0.05) is 12.8 Å². The zero-order chi connectivity index (χ0) is 47.1. The average molecular weight is 923 g/mol. The van der Waals surface area contributed by atoms with Crippen LogP contribution in [0.15, 0.2) is 48.6 Å². The van der Waals surface area contributed by atoms with Gasteiger partial charge in [-0.2, -0.15) is 0 Å². The Labute approximate surface area is 394 Å². The third-order valence-electron chi connectivity index (χ3n) is 11.3. The zero-order valence-electron chi connectivity index (χ0n) is 42.3. The fraction of sp³-hybridized carbons (Fsp3) is 0.815. The van der Waals surface area contributed by atoms with Crippen molar-refractivity contribution in [2.24, 2.45) is 0 Å². The summed E-state index contributed by atoms with van der Waals surface area (Å²) in [7, 11) is 1.46. The molecule has 10 heteroatoms. The second kappa shape index (κ2) is 46.1. The number of phosphoric acid groups is 1. The Balaban J connectivity index is 4.24. The van der Waals surface area contributed by atoms with E-state index in [1.165, 1.54) is 135 Å². The molecule has 0 aliphatic carbocycles. The van der Waals surface area contributed by atoms with E-state index in [-0.39, 0.29) is 26.1 Å². The van der Waals surface area contributed by atoms with E-state index >= 15 is 0 Å². The number of rotatable bonds is 48. The molecule has 0 aromatic heterocycles. The van der Waals surface area contributed by atoms with Crippen molar-refractivity contribution >= 4 is 19.8 Å². The van der Waals surface area contributed by atoms with Crippen LogP contribution in [0, 0.1) is 0 Å². The van der Waals surface area contributed by atoms with E-state index in [4.69, 9.17) is 18.5 Å². The average Bonchev–Trinajstić information content (AvgIpc) is 3.25. The molecule has 0 aliphatic heterocycles. The van der Waals surface area contributed by atoms with Crippen molar-refractivity contribution in [1.82, 2.24) is 0 Å². The van der Waals surface area contributed by atoms with Gasteiger partial charge in [0.1, 0.15) is 19.8 Å². The maximum absolute atomic E-state index is 12.8. The second-order valence-electron chi connectivity index (χ2n) is 18.9. The fourth-order valence-electron chi connectivity index (χ4n) is 7.24. The van der Waals surface area contributed by atoms with Crippen LogP contribution in [-0.4, -0.2) is 74.9 Å². The number of nitrogens with zero attached hydrogens (tertiary/aromatic N) is 1. The Morgan fingerprint density at radius 2 is 0.875 bits per heavy atom. The minimum Gasteiger partial charge on any atom is -0.462 e. The third-order valence-corrected chi connectivity index (χ3v) is 12.3. The number of hydrogen-bond donors (Lipinski definition) is 1. The first-order valence-corrected chi connectivity index (χ1v) is 27.9. The smallest absolute Gasteiger partial charge is 0.462 e. The van der Waals surface area contributed by atoms with E-state index in [0.717, 1.165) is 57.8 Å². The van der Waals surface area contributed by atoms with E-state index in [9.17, 15) is 19.0 Å². The predicted octanol–water partition coefficient (Wildman–Crippen LogP) is 15.8. The number of quaternary nitrogens is 1. The summed E-state index contributed by atoms with van der Waals surface area (Å²) in [4.78, 5) is 35.5. The summed E-state index contributed by atoms with van der Waals surface area (Å²) >= 11 is 0. The van der Waals surface area contributed by atoms with Gasteiger partial charge < -0.3 is 18.9 Å². The maximum atomic E-state index is 12.8. The largest absolute Gasteiger partial charge is 0.472 e. The van der Waals surface area contributed by atoms with Gasteiger partial charge >= 0.3 is 19.8 Å². The molecular formula is C54H101NO8P+. The van der Waals surface area contributed by atoms with Crippen LogP contribution in [0.2, 0.25) is 0 Å². The van der Waals surface area contributed by atoms with Crippen molar-refractivity contribution in [2.75, 3.05) is 47.5 Å². The Hall–Kier alpha value is -2.03. The minimum atomic E-state index is -4.39. The summed E-state index contributed by atoms with van der Waals surface area (Å²) in [6.07, 6.45) is 56.0. The summed E-state index contributed by atoms with van der Waals surface area (Å²) in [5.41, 5.74) is 0. The molecule has 9 nitrogen and oxygen atoms in total. The number of ether oxygens (including phenoxy) is 2. The van der Waals surface area contributed by atoms with Crippen LogP contribution in [0.4, 0.5) is 0 Å². The van der Waals surface area contributed by atoms with Gasteiger partial charge in [0.15, 0.2) is 6.10 Å². The highest BCUT2D eigenvalue weighted by molar-refractivity contribution is 7.47. The monoisotopic (exact) mass is 923 g/mol. The fourth-order valence-corrected chi connectivity index (χ4v) is 7.98. The van der Waals surface area contributed by atoms with Gasteiger partial charge in [-0.05, 0) is 51.4 Å². The first-order chi connectivity index (χ1) is 31.0. The van der Waals surface area contributed by atoms with Crippen molar-refractivity contribution in [1.29, 1.82) is 0 Å². The van der Waals surface area contributed by atoms with E-state index < -0.39 is 32.5 Å². The number of hydrogen-bond acceptors (Lipinski definition) is 7. The van der Waals surface area contributed by atoms with Crippen molar-refractivity contribution in [3.8, 4) is 0 Å². The Kier molecular flexibility index (Phi) is 44.6. The number of unbranched alkanes of at least 4 members (excludes halogenated alkanes) is 26. The Morgan fingerprint density at radius 3 is 1.31 bits per heavy atom. The Morgan fingerprint density at radius 1 is 0.484 bits per heavy atom. The molecule has 0 amide bonds. The van der Waals surface area contributed by atoms with E-state index in [0.29, 0.717) is 23.9 Å². The predicted molar refractivity (Wildman–Crippen MR) is 270 cm³/mol. The highest BCUT2D eigenvalue weighted by Gasteiger charge is 2.27. The summed E-state index contributed by atoms with van der Waals surface area (Å²) in [5.74, 6) is -0.827. The molecule has 0 aromatic rings. The molecule has 0 aromatic carbocycles. The highest BCUT2D eigenvalue weighted by atomic mass is 31.2. The lowest BCUT2D eigenvalue weighted by Crippen LogP contribution is -2.37. The van der Waals surface area contributed by atoms with Crippen LogP contribution in [-0.2, 0) is 32.7 Å². The molecule has 0 aliphatic rings. The topological polar surface area (TPSA) is 108 Å². The highest BCUT2D eigenvalue weighted by Crippen LogP contribution is 2.43. The normalized spacial score (nSPS) is 13.8. The van der Waals surface area contributed by atoms with Gasteiger partial charge in [0.25, 0.3) is 0 Å². The zero-order valence-corrected chi connectivity index (χ0v) is 43.2. The number of phosphoric ester groups is 1. The van der Waals surface area contributed by atoms with Crippen molar-refractivity contribution in [2.45, 2.75) is 238 Å². The van der Waals surface area contributed by atoms with Crippen LogP contribution in [0.5, 0.6) is 0 Å². The van der Waals surface area contributed by atoms with Gasteiger partial charge in [-0.1, -0.05) is 217 Å². The molecule has 0 fully saturated rings. The van der Waals surface area contributed by atoms with Crippen LogP contribution in [0.3, 0.4) is 0 Å². The summed E-state index contributed by atoms with van der Waals surface area (Å²) in [6.45, 7) is 4.35. The molecule has 2 atom stereocenters. The quantitative estimate of drug-likeness (QED) is 0.0211. The molecule has 1 unspecified atom stereocenters. The molecule has 64 heavy (non-hydrogen) atoms. The first-order valence-electron chi connectivity index (χ1n) is 26.4. The molecule has 0 rings (SSSR count). The first kappa shape index (κ1) is 62.0. The molecule has 1 N–H and O–H groups in total. The summed E-state index contributed by atoms with van der Waals surface area (Å²) < 4.78 is 34.4. The molecule has 0 spiro atoms. The van der Waals surface area contributed by atoms with Crippen LogP contribution < -0.4 is 0 Å². The number of carbonyl (C=O) groups is 2. The molecule has 0 saturated heterocycles. The van der Waals surface area contributed by atoms with Gasteiger partial charge in [0.05, 0.1) is 27.7 Å². The van der Waals surface area contributed by atoms with Crippen LogP contribution in [0.25, 0.3) is 0 Å². The standard InChI is InChI=1S/C54H100NO8P/c1-6-8-10-12-14-16-18-20-22-24-25-26-27-28-29-31-33-35-37-39-41-43-45-47-54(57)63-52(51-62-64(58,59)61-49-48-55(3,4)5)50-60-53(56)46-44-42-40-38-36-34-32-30-23-21-19-17-15-13-11-9-7-2/h11,13,17,19,23,30,34,36,52H,6-10,12,14-16,18,20-22,24-29,31-33,35,37-51H2,1-5H3/p+1/b13-11+,19-17+,30-23+,36-34+/t52-/m1/s1. The lowest BCUT2D eigenvalue weighted by atomic mass is 10.0. The third kappa shape index (κ3) is 49.4. The van der Waals surface area contributed by atoms with E-state index in [1.807, 2.05) is 21.1 Å². The molecule has 0 bridgehead atoms. The molecule has 0 radical (unpaired) electrons. The van der Waals surface area contributed by atoms with Crippen molar-refractivity contribution < 1.29 is 42.1 Å². The SMILES string of the molecule is CCC/C=C/C/C=C/C/C=C/C/C=C/CCCCCC(=O)OC[C@H](COP(=O)(O)OCC[N+](C)(C)C)OC(=O)CCCCCCCCCCCCCCCCCCCCCCCCC. The van der Waals surface area contributed by atoms with Crippen molar-refractivity contribution in [3.63, 3.8) is 0 Å². The lowest BCUT2D eigenvalue weighted by molar-refractivity contribution is -0.870. The van der Waals surface area contributed by atoms with Crippen LogP contribution >= 0.6 is 7.82 Å². The number of allylic oxidation sites excluding steroid dienone is 8. The van der Waals surface area contributed by atoms with Gasteiger partial charge in [-0.15, -0.1) is 0 Å². The second-order valence-corrected chi connectivity index (χ2v) is 20.4. The van der Waals surface area contributed by atoms with E-state index in [1.54, 1.807) is 0 Å². The van der Waals surface area contributed by atoms with Crippen molar-refractivity contribution in [3.05, 3.63) is 48.6 Å². The van der Waals surface area contributed by atoms with Gasteiger partial charge in [0.2, 0.25) is 0 Å². The minimum absolute atomic E-state index is 0.0264. The van der Waals surface area contributed by atoms with Gasteiger partial charge in [-0.25, -0.2) is 4.57 Å². The van der Waals surface area contributed by atoms with Gasteiger partial charge in [-0.3, -0.25) is 18.6 Å². The number of esters is 2. The summed E-state index contributed by atoms with van der Waals surface area (Å²) in [6, 6.07) is 0. The number of likely N-dealkylation sites (N-methyl/N-ethyl adjacent to an activating group) is 1. The Bertz CT molecular complexity index is 1230. The molecule has 374 valence electrons. The van der Waals surface area contributed by atoms with E-state index in [2.05, 4.69) is 62.5 Å². The maximum Gasteiger partial charge on any atom is 0.472 e. The molecule has 0 saturated carbocycles. The molecular weight excluding hydrogens is 822 g/mol.